The Balaban J connectivity index is 1.14. The standard InChI is InChI=1S/C33H47N7O11P2S2Si/c1-33(2,3)56(4,5)51-27-23-15-46-52(43,54)49-21-12-24(39-13-19-8-6-7-9-20-25(19)29(39)35-16-34-20)47-22(21)14-45-53(44,55)50-28(27)32(48-23)40-18-36-26-30(40)37-17-38(10-11-41)31(26)42/h13,16-18,21-24,27-28,32,41H,6-12,14-15H2,1-5H3,(H,43,54)(H,44,55)/t21-,22+,23+,24+,27+,28+,32+,52?,53?/m0/s1. The molecule has 306 valence electrons. The van der Waals surface area contributed by atoms with Crippen LogP contribution in [-0.4, -0.2) is 107 Å². The van der Waals surface area contributed by atoms with Gasteiger partial charge in [0.05, 0.1) is 44.5 Å². The van der Waals surface area contributed by atoms with Crippen LogP contribution in [0.1, 0.15) is 63.7 Å². The Hall–Kier alpha value is -1.91. The minimum atomic E-state index is -4.13. The van der Waals surface area contributed by atoms with Crippen molar-refractivity contribution in [2.24, 2.45) is 0 Å². The fourth-order valence-corrected chi connectivity index (χ4v) is 11.7. The predicted octanol–water partition coefficient (Wildman–Crippen LogP) is 3.74. The summed E-state index contributed by atoms with van der Waals surface area (Å²) in [5.41, 5.74) is 2.61. The normalized spacial score (nSPS) is 33.2. The minimum Gasteiger partial charge on any atom is -0.408 e. The van der Waals surface area contributed by atoms with E-state index in [1.54, 1.807) is 6.33 Å². The highest BCUT2D eigenvalue weighted by Gasteiger charge is 2.54. The molecule has 0 saturated carbocycles. The molecule has 2 unspecified atom stereocenters. The van der Waals surface area contributed by atoms with Crippen LogP contribution in [-0.2, 0) is 75.0 Å². The lowest BCUT2D eigenvalue weighted by atomic mass is 10.1. The Morgan fingerprint density at radius 1 is 0.929 bits per heavy atom. The number of imidazole rings is 1. The summed E-state index contributed by atoms with van der Waals surface area (Å²) < 4.78 is 49.4. The molecular weight excluding hydrogens is 825 g/mol. The lowest BCUT2D eigenvalue weighted by molar-refractivity contribution is -0.0599. The first-order valence-electron chi connectivity index (χ1n) is 18.6. The van der Waals surface area contributed by atoms with Gasteiger partial charge in [-0.3, -0.25) is 18.5 Å². The van der Waals surface area contributed by atoms with Crippen molar-refractivity contribution in [3.8, 4) is 0 Å². The topological polar surface area (TPSA) is 209 Å². The SMILES string of the molecule is CC(C)(C)[Si](C)(C)O[C@H]1[C@H]2OP(O)(=S)OC[C@H]3O[C@@H](n4cc5c6c(ncnc64)CCCC5)C[C@@H]3OP(O)(=S)OC[C@H]1O[C@H]2n1cnc2c(=O)n(CCO)cnc21. The number of hydrogen-bond acceptors (Lipinski definition) is 15. The molecule has 8 rings (SSSR count). The van der Waals surface area contributed by atoms with E-state index in [4.69, 9.17) is 55.6 Å². The van der Waals surface area contributed by atoms with Crippen molar-refractivity contribution >= 4 is 67.6 Å². The van der Waals surface area contributed by atoms with Crippen LogP contribution in [0.25, 0.3) is 22.2 Å². The van der Waals surface area contributed by atoms with E-state index in [9.17, 15) is 19.7 Å². The average molecular weight is 872 g/mol. The van der Waals surface area contributed by atoms with Crippen LogP contribution in [0, 0.1) is 0 Å². The molecule has 0 spiro atoms. The van der Waals surface area contributed by atoms with Gasteiger partial charge in [0.2, 0.25) is 0 Å². The molecule has 0 aromatic carbocycles. The molecule has 4 aliphatic rings. The van der Waals surface area contributed by atoms with Crippen molar-refractivity contribution in [1.82, 2.24) is 33.6 Å². The van der Waals surface area contributed by atoms with Crippen molar-refractivity contribution in [3.63, 3.8) is 0 Å². The number of hydrogen-bond donors (Lipinski definition) is 3. The van der Waals surface area contributed by atoms with E-state index in [-0.39, 0.29) is 49.0 Å². The number of ether oxygens (including phenoxy) is 2. The number of rotatable bonds is 6. The van der Waals surface area contributed by atoms with Gasteiger partial charge in [0, 0.05) is 18.0 Å². The first kappa shape index (κ1) is 40.8. The highest BCUT2D eigenvalue weighted by atomic mass is 32.5. The lowest BCUT2D eigenvalue weighted by Crippen LogP contribution is -2.50. The second-order valence-electron chi connectivity index (χ2n) is 16.1. The van der Waals surface area contributed by atoms with E-state index in [1.165, 1.54) is 21.8 Å². The van der Waals surface area contributed by atoms with E-state index in [0.717, 1.165) is 48.0 Å². The summed E-state index contributed by atoms with van der Waals surface area (Å²) in [7, 11) is -2.61. The molecular formula is C33H47N7O11P2S2Si. The molecule has 4 aromatic heterocycles. The summed E-state index contributed by atoms with van der Waals surface area (Å²) >= 11 is 11.3. The number of nitrogens with zero attached hydrogens (tertiary/aromatic N) is 7. The Kier molecular flexibility index (Phi) is 11.1. The highest BCUT2D eigenvalue weighted by molar-refractivity contribution is 8.07. The monoisotopic (exact) mass is 871 g/mol. The van der Waals surface area contributed by atoms with Gasteiger partial charge < -0.3 is 46.9 Å². The van der Waals surface area contributed by atoms with Crippen molar-refractivity contribution in [2.45, 2.75) is 121 Å². The number of aliphatic hydroxyl groups excluding tert-OH is 1. The zero-order chi connectivity index (χ0) is 39.8. The Bertz CT molecular complexity index is 2290. The first-order chi connectivity index (χ1) is 26.5. The van der Waals surface area contributed by atoms with Crippen LogP contribution in [0.3, 0.4) is 0 Å². The van der Waals surface area contributed by atoms with E-state index >= 15 is 0 Å². The van der Waals surface area contributed by atoms with E-state index in [0.29, 0.717) is 0 Å². The van der Waals surface area contributed by atoms with Gasteiger partial charge in [-0.1, -0.05) is 20.8 Å². The molecule has 0 amide bonds. The summed E-state index contributed by atoms with van der Waals surface area (Å²) in [6.45, 7) is 1.44. The number of fused-ring (bicyclic) bond motifs is 4. The largest absolute Gasteiger partial charge is 0.408 e. The number of aromatic nitrogens is 7. The smallest absolute Gasteiger partial charge is 0.325 e. The first-order valence-corrected chi connectivity index (χ1v) is 26.7. The molecule has 9 atom stereocenters. The Labute approximate surface area is 334 Å². The lowest BCUT2D eigenvalue weighted by Gasteiger charge is -2.40. The van der Waals surface area contributed by atoms with Crippen LogP contribution in [0.15, 0.2) is 30.0 Å². The summed E-state index contributed by atoms with van der Waals surface area (Å²) in [5.74, 6) is 0. The summed E-state index contributed by atoms with van der Waals surface area (Å²) in [6.07, 6.45) is 4.00. The summed E-state index contributed by atoms with van der Waals surface area (Å²) in [6, 6.07) is 0. The third-order valence-corrected chi connectivity index (χ3v) is 19.0. The second kappa shape index (κ2) is 15.3. The van der Waals surface area contributed by atoms with Gasteiger partial charge in [-0.05, 0) is 73.0 Å². The molecule has 18 nitrogen and oxygen atoms in total. The molecule has 0 radical (unpaired) electrons. The number of aliphatic hydroxyl groups is 1. The highest BCUT2D eigenvalue weighted by Crippen LogP contribution is 2.55. The molecule has 1 aliphatic carbocycles. The molecule has 56 heavy (non-hydrogen) atoms. The molecule has 23 heteroatoms. The van der Waals surface area contributed by atoms with Gasteiger partial charge in [-0.2, -0.15) is 0 Å². The molecule has 3 aliphatic heterocycles. The van der Waals surface area contributed by atoms with Gasteiger partial charge in [0.25, 0.3) is 5.56 Å². The zero-order valence-corrected chi connectivity index (χ0v) is 36.1. The van der Waals surface area contributed by atoms with Crippen LogP contribution in [0.5, 0.6) is 0 Å². The maximum atomic E-state index is 13.2. The maximum absolute atomic E-state index is 13.2. The minimum absolute atomic E-state index is 0.0274. The third-order valence-electron chi connectivity index (χ3n) is 11.4. The maximum Gasteiger partial charge on any atom is 0.325 e. The molecule has 3 fully saturated rings. The van der Waals surface area contributed by atoms with Crippen molar-refractivity contribution in [3.05, 3.63) is 46.8 Å². The van der Waals surface area contributed by atoms with Crippen molar-refractivity contribution in [2.75, 3.05) is 19.8 Å². The predicted molar refractivity (Wildman–Crippen MR) is 212 cm³/mol. The van der Waals surface area contributed by atoms with Crippen LogP contribution < -0.4 is 5.56 Å². The molecule has 2 bridgehead atoms. The molecule has 7 heterocycles. The van der Waals surface area contributed by atoms with Gasteiger partial charge in [0.1, 0.15) is 48.9 Å². The van der Waals surface area contributed by atoms with Crippen molar-refractivity contribution < 1.29 is 46.9 Å². The summed E-state index contributed by atoms with van der Waals surface area (Å²) in [4.78, 5) is 54.6. The quantitative estimate of drug-likeness (QED) is 0.186. The molecule has 3 N–H and O–H groups in total. The molecule has 3 saturated heterocycles. The Morgan fingerprint density at radius 2 is 1.66 bits per heavy atom. The van der Waals surface area contributed by atoms with Crippen LogP contribution in [0.4, 0.5) is 0 Å². The molecule has 4 aromatic rings. The summed E-state index contributed by atoms with van der Waals surface area (Å²) in [5, 5.41) is 10.2. The van der Waals surface area contributed by atoms with Gasteiger partial charge in [0.15, 0.2) is 25.7 Å². The van der Waals surface area contributed by atoms with E-state index in [1.807, 2.05) is 10.8 Å². The second-order valence-corrected chi connectivity index (χ2v) is 26.4. The van der Waals surface area contributed by atoms with Crippen molar-refractivity contribution in [1.29, 1.82) is 0 Å². The fourth-order valence-electron chi connectivity index (χ4n) is 7.53. The Morgan fingerprint density at radius 3 is 2.41 bits per heavy atom. The van der Waals surface area contributed by atoms with E-state index in [2.05, 4.69) is 53.8 Å². The van der Waals surface area contributed by atoms with Crippen LogP contribution in [0.2, 0.25) is 18.1 Å². The average Bonchev–Trinajstić information content (AvgIpc) is 3.86. The number of aryl methyl sites for hydroxylation is 2. The third kappa shape index (κ3) is 7.79. The van der Waals surface area contributed by atoms with Gasteiger partial charge >= 0.3 is 13.4 Å². The fraction of sp³-hybridized carbons (Fsp3) is 0.667. The zero-order valence-electron chi connectivity index (χ0n) is 31.7. The van der Waals surface area contributed by atoms with Gasteiger partial charge in [-0.25, -0.2) is 19.9 Å². The van der Waals surface area contributed by atoms with Crippen LogP contribution >= 0.6 is 13.4 Å². The van der Waals surface area contributed by atoms with E-state index < -0.39 is 70.3 Å². The van der Waals surface area contributed by atoms with Gasteiger partial charge in [-0.15, -0.1) is 0 Å².